The number of Topliss-reactive ketones (excluding diaryl/α,β-unsaturated/α-hetero) is 1. The summed E-state index contributed by atoms with van der Waals surface area (Å²) in [5.74, 6) is -2.07. The minimum Gasteiger partial charge on any atom is -0.456 e. The zero-order valence-electron chi connectivity index (χ0n) is 14.7. The molecule has 136 valence electrons. The molecule has 0 aromatic heterocycles. The average molecular weight is 359 g/mol. The van der Waals surface area contributed by atoms with Crippen molar-refractivity contribution in [3.8, 4) is 0 Å². The molecule has 0 amide bonds. The van der Waals surface area contributed by atoms with E-state index in [0.717, 1.165) is 6.07 Å². The number of anilines is 1. The molecule has 0 aliphatic carbocycles. The number of carbonyl (C=O) groups excluding carboxylic acids is 2. The summed E-state index contributed by atoms with van der Waals surface area (Å²) in [6, 6.07) is 7.51. The Bertz CT molecular complexity index is 870. The van der Waals surface area contributed by atoms with Gasteiger partial charge in [-0.15, -0.1) is 0 Å². The first-order valence-electron chi connectivity index (χ1n) is 8.26. The highest BCUT2D eigenvalue weighted by atomic mass is 19.1. The number of rotatable bonds is 2. The van der Waals surface area contributed by atoms with Crippen molar-refractivity contribution in [3.05, 3.63) is 64.7 Å². The van der Waals surface area contributed by atoms with Crippen LogP contribution in [0.5, 0.6) is 0 Å². The Morgan fingerprint density at radius 3 is 2.38 bits per heavy atom. The molecule has 0 saturated heterocycles. The van der Waals surface area contributed by atoms with Gasteiger partial charge in [0.15, 0.2) is 5.78 Å². The Kier molecular flexibility index (Phi) is 4.52. The summed E-state index contributed by atoms with van der Waals surface area (Å²) >= 11 is 0. The Labute approximate surface area is 150 Å². The molecule has 0 spiro atoms. The van der Waals surface area contributed by atoms with Crippen molar-refractivity contribution in [2.24, 2.45) is 0 Å². The number of benzene rings is 2. The maximum atomic E-state index is 14.0. The van der Waals surface area contributed by atoms with Gasteiger partial charge in [0.25, 0.3) is 0 Å². The van der Waals surface area contributed by atoms with Crippen LogP contribution < -0.4 is 5.32 Å². The van der Waals surface area contributed by atoms with Crippen molar-refractivity contribution >= 4 is 17.4 Å². The number of carbonyl (C=O) groups is 2. The maximum Gasteiger partial charge on any atom is 0.339 e. The van der Waals surface area contributed by atoms with Crippen LogP contribution in [-0.4, -0.2) is 17.4 Å². The van der Waals surface area contributed by atoms with Gasteiger partial charge in [0.05, 0.1) is 17.2 Å². The van der Waals surface area contributed by atoms with Gasteiger partial charge in [0, 0.05) is 12.1 Å². The number of hydrogen-bond donors (Lipinski definition) is 1. The van der Waals surface area contributed by atoms with E-state index in [4.69, 9.17) is 4.74 Å². The third kappa shape index (κ3) is 3.74. The van der Waals surface area contributed by atoms with Gasteiger partial charge in [-0.3, -0.25) is 4.79 Å². The van der Waals surface area contributed by atoms with Crippen LogP contribution in [0.1, 0.15) is 59.5 Å². The molecular formula is C20H19F2NO3. The van der Waals surface area contributed by atoms with Gasteiger partial charge in [-0.05, 0) is 50.6 Å². The van der Waals surface area contributed by atoms with E-state index >= 15 is 0 Å². The van der Waals surface area contributed by atoms with Crippen LogP contribution in [0.15, 0.2) is 36.4 Å². The van der Waals surface area contributed by atoms with Crippen LogP contribution in [0.4, 0.5) is 14.5 Å². The minimum atomic E-state index is -0.766. The Morgan fingerprint density at radius 1 is 1.12 bits per heavy atom. The third-order valence-electron chi connectivity index (χ3n) is 3.99. The second-order valence-corrected chi connectivity index (χ2v) is 7.25. The number of ether oxygens (including phenoxy) is 1. The topological polar surface area (TPSA) is 55.4 Å². The standard InChI is InChI=1S/C20H19F2NO3/c1-20(2,3)26-19(25)14-8-13(22)9-16-18(14)17(24)10-15(23-16)11-4-6-12(21)7-5-11/h4-9,15,23H,10H2,1-3H3. The molecule has 1 aliphatic heterocycles. The average Bonchev–Trinajstić information content (AvgIpc) is 2.52. The van der Waals surface area contributed by atoms with Crippen molar-refractivity contribution in [2.45, 2.75) is 38.8 Å². The quantitative estimate of drug-likeness (QED) is 0.793. The smallest absolute Gasteiger partial charge is 0.339 e. The summed E-state index contributed by atoms with van der Waals surface area (Å²) in [4.78, 5) is 25.1. The van der Waals surface area contributed by atoms with E-state index < -0.39 is 23.4 Å². The molecule has 0 saturated carbocycles. The fourth-order valence-corrected chi connectivity index (χ4v) is 2.94. The molecule has 1 heterocycles. The van der Waals surface area contributed by atoms with Crippen LogP contribution in [-0.2, 0) is 4.74 Å². The van der Waals surface area contributed by atoms with Crippen LogP contribution in [0, 0.1) is 11.6 Å². The van der Waals surface area contributed by atoms with Gasteiger partial charge in [-0.1, -0.05) is 12.1 Å². The Hall–Kier alpha value is -2.76. The van der Waals surface area contributed by atoms with Gasteiger partial charge in [0.1, 0.15) is 17.2 Å². The van der Waals surface area contributed by atoms with Gasteiger partial charge in [0.2, 0.25) is 0 Å². The lowest BCUT2D eigenvalue weighted by Crippen LogP contribution is -2.28. The number of halogens is 2. The molecule has 0 fully saturated rings. The fourth-order valence-electron chi connectivity index (χ4n) is 2.94. The summed E-state index contributed by atoms with van der Waals surface area (Å²) in [6.45, 7) is 5.09. The highest BCUT2D eigenvalue weighted by molar-refractivity contribution is 6.11. The van der Waals surface area contributed by atoms with E-state index in [0.29, 0.717) is 5.56 Å². The molecular weight excluding hydrogens is 340 g/mol. The molecule has 26 heavy (non-hydrogen) atoms. The fraction of sp³-hybridized carbons (Fsp3) is 0.300. The Morgan fingerprint density at radius 2 is 1.77 bits per heavy atom. The molecule has 6 heteroatoms. The summed E-state index contributed by atoms with van der Waals surface area (Å²) in [7, 11) is 0. The summed E-state index contributed by atoms with van der Waals surface area (Å²) < 4.78 is 32.5. The predicted molar refractivity (Wildman–Crippen MR) is 93.3 cm³/mol. The number of esters is 1. The summed E-state index contributed by atoms with van der Waals surface area (Å²) in [6.07, 6.45) is 0.0695. The second kappa shape index (κ2) is 6.52. The van der Waals surface area contributed by atoms with E-state index in [1.54, 1.807) is 32.9 Å². The largest absolute Gasteiger partial charge is 0.456 e. The zero-order chi connectivity index (χ0) is 19.1. The lowest BCUT2D eigenvalue weighted by atomic mass is 9.89. The van der Waals surface area contributed by atoms with E-state index in [1.165, 1.54) is 18.2 Å². The molecule has 3 rings (SSSR count). The Balaban J connectivity index is 1.99. The van der Waals surface area contributed by atoms with E-state index in [1.807, 2.05) is 0 Å². The molecule has 1 aliphatic rings. The normalized spacial score (nSPS) is 16.7. The molecule has 4 nitrogen and oxygen atoms in total. The molecule has 0 radical (unpaired) electrons. The van der Waals surface area contributed by atoms with Gasteiger partial charge in [-0.2, -0.15) is 0 Å². The minimum absolute atomic E-state index is 0.0695. The molecule has 1 atom stereocenters. The first kappa shape index (κ1) is 18.0. The number of ketones is 1. The van der Waals surface area contributed by atoms with Gasteiger partial charge >= 0.3 is 5.97 Å². The number of fused-ring (bicyclic) bond motifs is 1. The third-order valence-corrected chi connectivity index (χ3v) is 3.99. The first-order chi connectivity index (χ1) is 12.1. The lowest BCUT2D eigenvalue weighted by Gasteiger charge is -2.28. The highest BCUT2D eigenvalue weighted by Gasteiger charge is 2.32. The number of nitrogens with one attached hydrogen (secondary N) is 1. The maximum absolute atomic E-state index is 14.0. The molecule has 2 aromatic carbocycles. The van der Waals surface area contributed by atoms with Crippen molar-refractivity contribution in [2.75, 3.05) is 5.32 Å². The van der Waals surface area contributed by atoms with E-state index in [2.05, 4.69) is 5.32 Å². The first-order valence-corrected chi connectivity index (χ1v) is 8.26. The molecule has 1 unspecified atom stereocenters. The van der Waals surface area contributed by atoms with E-state index in [9.17, 15) is 18.4 Å². The van der Waals surface area contributed by atoms with Crippen LogP contribution in [0.25, 0.3) is 0 Å². The van der Waals surface area contributed by atoms with Crippen molar-refractivity contribution < 1.29 is 23.1 Å². The SMILES string of the molecule is CC(C)(C)OC(=O)c1cc(F)cc2c1C(=O)CC(c1ccc(F)cc1)N2. The van der Waals surface area contributed by atoms with E-state index in [-0.39, 0.29) is 34.8 Å². The molecule has 1 N–H and O–H groups in total. The highest BCUT2D eigenvalue weighted by Crippen LogP contribution is 2.35. The summed E-state index contributed by atoms with van der Waals surface area (Å²) in [5.41, 5.74) is 0.201. The second-order valence-electron chi connectivity index (χ2n) is 7.25. The van der Waals surface area contributed by atoms with Crippen molar-refractivity contribution in [3.63, 3.8) is 0 Å². The van der Waals surface area contributed by atoms with Crippen molar-refractivity contribution in [1.82, 2.24) is 0 Å². The summed E-state index contributed by atoms with van der Waals surface area (Å²) in [5, 5.41) is 3.07. The van der Waals surface area contributed by atoms with Gasteiger partial charge in [-0.25, -0.2) is 13.6 Å². The molecule has 2 aromatic rings. The zero-order valence-corrected chi connectivity index (χ0v) is 14.7. The number of hydrogen-bond acceptors (Lipinski definition) is 4. The van der Waals surface area contributed by atoms with Crippen LogP contribution in [0.2, 0.25) is 0 Å². The van der Waals surface area contributed by atoms with Gasteiger partial charge < -0.3 is 10.1 Å². The predicted octanol–water partition coefficient (Wildman–Crippen LogP) is 4.66. The molecule has 0 bridgehead atoms. The van der Waals surface area contributed by atoms with Crippen molar-refractivity contribution in [1.29, 1.82) is 0 Å². The lowest BCUT2D eigenvalue weighted by molar-refractivity contribution is 0.00671. The monoisotopic (exact) mass is 359 g/mol. The van der Waals surface area contributed by atoms with Crippen LogP contribution in [0.3, 0.4) is 0 Å². The van der Waals surface area contributed by atoms with Crippen LogP contribution >= 0.6 is 0 Å².